The third-order valence-corrected chi connectivity index (χ3v) is 3.27. The van der Waals surface area contributed by atoms with Gasteiger partial charge in [0.1, 0.15) is 0 Å². The predicted molar refractivity (Wildman–Crippen MR) is 97.4 cm³/mol. The lowest BCUT2D eigenvalue weighted by Gasteiger charge is -2.11. The average Bonchev–Trinajstić information content (AvgIpc) is 3.10. The molecule has 0 unspecified atom stereocenters. The summed E-state index contributed by atoms with van der Waals surface area (Å²) in [6.07, 6.45) is 7.01. The van der Waals surface area contributed by atoms with Gasteiger partial charge in [-0.05, 0) is 25.8 Å². The van der Waals surface area contributed by atoms with Crippen LogP contribution < -0.4 is 10.6 Å². The Morgan fingerprint density at radius 1 is 1.08 bits per heavy atom. The summed E-state index contributed by atoms with van der Waals surface area (Å²) in [4.78, 5) is 4.55. The molecule has 24 heavy (non-hydrogen) atoms. The predicted octanol–water partition coefficient (Wildman–Crippen LogP) is 1.66. The molecule has 2 N–H and O–H groups in total. The minimum absolute atomic E-state index is 0.642. The van der Waals surface area contributed by atoms with E-state index in [0.717, 1.165) is 51.6 Å². The molecular weight excluding hydrogens is 306 g/mol. The molecular formula is C17H33N5O2. The van der Waals surface area contributed by atoms with E-state index in [0.29, 0.717) is 19.8 Å². The first-order chi connectivity index (χ1) is 11.9. The van der Waals surface area contributed by atoms with Crippen LogP contribution in [0.15, 0.2) is 23.5 Å². The molecule has 1 rings (SSSR count). The first-order valence-corrected chi connectivity index (χ1v) is 9.02. The summed E-state index contributed by atoms with van der Waals surface area (Å²) in [6.45, 7) is 10.2. The second-order valence-corrected chi connectivity index (χ2v) is 5.39. The van der Waals surface area contributed by atoms with E-state index in [4.69, 9.17) is 9.47 Å². The van der Waals surface area contributed by atoms with E-state index in [2.05, 4.69) is 34.6 Å². The van der Waals surface area contributed by atoms with Crippen molar-refractivity contribution in [2.24, 2.45) is 4.99 Å². The molecule has 1 aromatic heterocycles. The van der Waals surface area contributed by atoms with Crippen LogP contribution in [0.3, 0.4) is 0 Å². The molecule has 138 valence electrons. The quantitative estimate of drug-likeness (QED) is 0.306. The molecule has 0 aliphatic heterocycles. The fraction of sp³-hybridized carbons (Fsp3) is 0.765. The van der Waals surface area contributed by atoms with E-state index in [1.54, 1.807) is 6.20 Å². The fourth-order valence-corrected chi connectivity index (χ4v) is 2.01. The zero-order chi connectivity index (χ0) is 17.3. The van der Waals surface area contributed by atoms with E-state index in [1.807, 2.05) is 16.9 Å². The minimum atomic E-state index is 0.642. The Labute approximate surface area is 145 Å². The van der Waals surface area contributed by atoms with E-state index < -0.39 is 0 Å². The van der Waals surface area contributed by atoms with Gasteiger partial charge in [-0.15, -0.1) is 0 Å². The Bertz CT molecular complexity index is 409. The number of guanidine groups is 1. The van der Waals surface area contributed by atoms with E-state index in [-0.39, 0.29) is 0 Å². The van der Waals surface area contributed by atoms with Gasteiger partial charge in [0.25, 0.3) is 0 Å². The van der Waals surface area contributed by atoms with Gasteiger partial charge >= 0.3 is 0 Å². The smallest absolute Gasteiger partial charge is 0.191 e. The molecule has 7 nitrogen and oxygen atoms in total. The third-order valence-electron chi connectivity index (χ3n) is 3.27. The highest BCUT2D eigenvalue weighted by atomic mass is 16.5. The number of hydrogen-bond acceptors (Lipinski definition) is 4. The van der Waals surface area contributed by atoms with Crippen LogP contribution in [0.2, 0.25) is 0 Å². The molecule has 0 saturated heterocycles. The number of nitrogens with one attached hydrogen (secondary N) is 2. The number of nitrogens with zero attached hydrogens (tertiary/aromatic N) is 3. The SMILES string of the molecule is CCCCOCCOCCNC(=NCCCn1cccn1)NCC. The number of hydrogen-bond donors (Lipinski definition) is 2. The molecule has 0 bridgehead atoms. The molecule has 0 aliphatic carbocycles. The lowest BCUT2D eigenvalue weighted by Crippen LogP contribution is -2.39. The molecule has 0 fully saturated rings. The van der Waals surface area contributed by atoms with Crippen molar-refractivity contribution in [2.45, 2.75) is 39.7 Å². The summed E-state index contributed by atoms with van der Waals surface area (Å²) in [5.41, 5.74) is 0. The van der Waals surface area contributed by atoms with Crippen molar-refractivity contribution >= 4 is 5.96 Å². The second kappa shape index (κ2) is 15.0. The summed E-state index contributed by atoms with van der Waals surface area (Å²) in [5.74, 6) is 0.834. The number of rotatable bonds is 14. The van der Waals surface area contributed by atoms with Gasteiger partial charge in [0.2, 0.25) is 0 Å². The van der Waals surface area contributed by atoms with E-state index in [1.165, 1.54) is 6.42 Å². The van der Waals surface area contributed by atoms with E-state index >= 15 is 0 Å². The van der Waals surface area contributed by atoms with Crippen molar-refractivity contribution < 1.29 is 9.47 Å². The summed E-state index contributed by atoms with van der Waals surface area (Å²) in [7, 11) is 0. The number of ether oxygens (including phenoxy) is 2. The number of unbranched alkanes of at least 4 members (excludes halogenated alkanes) is 1. The lowest BCUT2D eigenvalue weighted by atomic mass is 10.4. The highest BCUT2D eigenvalue weighted by Gasteiger charge is 1.97. The van der Waals surface area contributed by atoms with Crippen LogP contribution in [0.1, 0.15) is 33.1 Å². The van der Waals surface area contributed by atoms with Crippen molar-refractivity contribution in [1.82, 2.24) is 20.4 Å². The van der Waals surface area contributed by atoms with Gasteiger partial charge in [0.05, 0.1) is 19.8 Å². The van der Waals surface area contributed by atoms with Gasteiger partial charge in [-0.2, -0.15) is 5.10 Å². The van der Waals surface area contributed by atoms with Crippen molar-refractivity contribution in [2.75, 3.05) is 46.1 Å². The topological polar surface area (TPSA) is 72.7 Å². The van der Waals surface area contributed by atoms with Gasteiger partial charge in [0.15, 0.2) is 5.96 Å². The Balaban J connectivity index is 2.04. The number of aryl methyl sites for hydroxylation is 1. The maximum absolute atomic E-state index is 5.54. The second-order valence-electron chi connectivity index (χ2n) is 5.39. The number of aliphatic imine (C=N–C) groups is 1. The monoisotopic (exact) mass is 339 g/mol. The first-order valence-electron chi connectivity index (χ1n) is 9.02. The molecule has 0 radical (unpaired) electrons. The van der Waals surface area contributed by atoms with Crippen molar-refractivity contribution in [3.05, 3.63) is 18.5 Å². The van der Waals surface area contributed by atoms with Gasteiger partial charge in [-0.1, -0.05) is 13.3 Å². The van der Waals surface area contributed by atoms with Crippen LogP contribution in [-0.4, -0.2) is 61.8 Å². The maximum Gasteiger partial charge on any atom is 0.191 e. The Morgan fingerprint density at radius 3 is 2.62 bits per heavy atom. The van der Waals surface area contributed by atoms with E-state index in [9.17, 15) is 0 Å². The summed E-state index contributed by atoms with van der Waals surface area (Å²) in [6, 6.07) is 1.93. The molecule has 0 aromatic carbocycles. The number of aromatic nitrogens is 2. The molecule has 0 saturated carbocycles. The average molecular weight is 339 g/mol. The summed E-state index contributed by atoms with van der Waals surface area (Å²) in [5, 5.41) is 10.7. The summed E-state index contributed by atoms with van der Waals surface area (Å²) >= 11 is 0. The van der Waals surface area contributed by atoms with Crippen LogP contribution in [-0.2, 0) is 16.0 Å². The molecule has 0 amide bonds. The highest BCUT2D eigenvalue weighted by Crippen LogP contribution is 1.90. The molecule has 0 spiro atoms. The normalized spacial score (nSPS) is 11.7. The Kier molecular flexibility index (Phi) is 12.7. The molecule has 7 heteroatoms. The van der Waals surface area contributed by atoms with Crippen LogP contribution in [0, 0.1) is 0 Å². The largest absolute Gasteiger partial charge is 0.379 e. The molecule has 1 heterocycles. The van der Waals surface area contributed by atoms with Gasteiger partial charge in [0, 0.05) is 45.2 Å². The molecule has 1 aromatic rings. The Hall–Kier alpha value is -1.60. The Morgan fingerprint density at radius 2 is 1.92 bits per heavy atom. The first kappa shape index (κ1) is 20.4. The standard InChI is InChI=1S/C17H33N5O2/c1-3-5-13-23-15-16-24-14-10-20-17(18-4-2)19-8-6-11-22-12-7-9-21-22/h7,9,12H,3-6,8,10-11,13-16H2,1-2H3,(H2,18,19,20). The van der Waals surface area contributed by atoms with Gasteiger partial charge in [-0.25, -0.2) is 0 Å². The highest BCUT2D eigenvalue weighted by molar-refractivity contribution is 5.79. The summed E-state index contributed by atoms with van der Waals surface area (Å²) < 4.78 is 12.9. The maximum atomic E-state index is 5.54. The molecule has 0 aliphatic rings. The fourth-order valence-electron chi connectivity index (χ4n) is 2.01. The zero-order valence-corrected chi connectivity index (χ0v) is 15.2. The minimum Gasteiger partial charge on any atom is -0.379 e. The van der Waals surface area contributed by atoms with Crippen LogP contribution in [0.25, 0.3) is 0 Å². The molecule has 0 atom stereocenters. The van der Waals surface area contributed by atoms with Crippen molar-refractivity contribution in [3.63, 3.8) is 0 Å². The van der Waals surface area contributed by atoms with Crippen molar-refractivity contribution in [1.29, 1.82) is 0 Å². The van der Waals surface area contributed by atoms with Gasteiger partial charge in [-0.3, -0.25) is 9.67 Å². The van der Waals surface area contributed by atoms with Crippen LogP contribution in [0.5, 0.6) is 0 Å². The lowest BCUT2D eigenvalue weighted by molar-refractivity contribution is 0.0487. The van der Waals surface area contributed by atoms with Crippen LogP contribution in [0.4, 0.5) is 0 Å². The van der Waals surface area contributed by atoms with Crippen LogP contribution >= 0.6 is 0 Å². The van der Waals surface area contributed by atoms with Gasteiger partial charge < -0.3 is 20.1 Å². The van der Waals surface area contributed by atoms with Crippen molar-refractivity contribution in [3.8, 4) is 0 Å². The zero-order valence-electron chi connectivity index (χ0n) is 15.2. The third kappa shape index (κ3) is 11.0.